The molecule has 2 rings (SSSR count). The van der Waals surface area contributed by atoms with Crippen molar-refractivity contribution in [2.75, 3.05) is 13.6 Å². The third-order valence-corrected chi connectivity index (χ3v) is 4.28. The molecule has 0 aromatic rings. The molecule has 1 saturated heterocycles. The fourth-order valence-corrected chi connectivity index (χ4v) is 3.35. The number of hydrogen-bond acceptors (Lipinski definition) is 1. The maximum absolute atomic E-state index is 2.66. The Labute approximate surface area is 82.5 Å². The fraction of sp³-hybridized carbons (Fsp3) is 1.00. The van der Waals surface area contributed by atoms with Gasteiger partial charge in [-0.05, 0) is 45.2 Å². The normalized spacial score (nSPS) is 35.1. The minimum atomic E-state index is 0.621. The largest absolute Gasteiger partial charge is 0.301 e. The van der Waals surface area contributed by atoms with Gasteiger partial charge in [0, 0.05) is 5.54 Å². The fourth-order valence-electron chi connectivity index (χ4n) is 3.35. The third-order valence-electron chi connectivity index (χ3n) is 4.28. The molecule has 0 aromatic carbocycles. The minimum Gasteiger partial charge on any atom is -0.301 e. The van der Waals surface area contributed by atoms with Crippen molar-refractivity contribution < 1.29 is 0 Å². The standard InChI is InChI=1S/C12H23N/c1-11-6-9-13(2)12(10-11)7-4-3-5-8-12/h11H,3-10H2,1-2H3. The molecular weight excluding hydrogens is 158 g/mol. The van der Waals surface area contributed by atoms with Crippen LogP contribution in [0.15, 0.2) is 0 Å². The summed E-state index contributed by atoms with van der Waals surface area (Å²) < 4.78 is 0. The Balaban J connectivity index is 2.07. The maximum Gasteiger partial charge on any atom is 0.0209 e. The molecule has 0 N–H and O–H groups in total. The molecular formula is C12H23N. The molecule has 1 nitrogen and oxygen atoms in total. The number of rotatable bonds is 0. The second kappa shape index (κ2) is 3.61. The van der Waals surface area contributed by atoms with Crippen LogP contribution in [0.1, 0.15) is 51.9 Å². The van der Waals surface area contributed by atoms with Crippen molar-refractivity contribution >= 4 is 0 Å². The van der Waals surface area contributed by atoms with Gasteiger partial charge >= 0.3 is 0 Å². The lowest BCUT2D eigenvalue weighted by atomic mass is 9.72. The average Bonchev–Trinajstić information content (AvgIpc) is 2.14. The van der Waals surface area contributed by atoms with Gasteiger partial charge in [0.25, 0.3) is 0 Å². The predicted molar refractivity (Wildman–Crippen MR) is 56.8 cm³/mol. The average molecular weight is 181 g/mol. The van der Waals surface area contributed by atoms with Gasteiger partial charge in [-0.2, -0.15) is 0 Å². The van der Waals surface area contributed by atoms with E-state index < -0.39 is 0 Å². The van der Waals surface area contributed by atoms with E-state index in [-0.39, 0.29) is 0 Å². The summed E-state index contributed by atoms with van der Waals surface area (Å²) in [7, 11) is 2.34. The van der Waals surface area contributed by atoms with Gasteiger partial charge in [-0.1, -0.05) is 26.2 Å². The van der Waals surface area contributed by atoms with Crippen molar-refractivity contribution in [1.29, 1.82) is 0 Å². The first-order valence-electron chi connectivity index (χ1n) is 5.94. The van der Waals surface area contributed by atoms with E-state index in [0.717, 1.165) is 5.92 Å². The van der Waals surface area contributed by atoms with E-state index >= 15 is 0 Å². The van der Waals surface area contributed by atoms with Crippen molar-refractivity contribution in [3.05, 3.63) is 0 Å². The molecule has 0 amide bonds. The van der Waals surface area contributed by atoms with E-state index in [1.807, 2.05) is 0 Å². The Bertz CT molecular complexity index is 170. The van der Waals surface area contributed by atoms with Gasteiger partial charge in [0.15, 0.2) is 0 Å². The first-order valence-corrected chi connectivity index (χ1v) is 5.94. The van der Waals surface area contributed by atoms with Crippen LogP contribution in [0.5, 0.6) is 0 Å². The van der Waals surface area contributed by atoms with Crippen molar-refractivity contribution in [3.63, 3.8) is 0 Å². The molecule has 1 aliphatic heterocycles. The first-order chi connectivity index (χ1) is 6.23. The van der Waals surface area contributed by atoms with Crippen LogP contribution >= 0.6 is 0 Å². The molecule has 0 bridgehead atoms. The van der Waals surface area contributed by atoms with Crippen LogP contribution in [0.3, 0.4) is 0 Å². The van der Waals surface area contributed by atoms with E-state index in [0.29, 0.717) is 5.54 Å². The van der Waals surface area contributed by atoms with Crippen LogP contribution < -0.4 is 0 Å². The Morgan fingerprint density at radius 3 is 2.54 bits per heavy atom. The van der Waals surface area contributed by atoms with Gasteiger partial charge in [-0.15, -0.1) is 0 Å². The highest BCUT2D eigenvalue weighted by atomic mass is 15.2. The van der Waals surface area contributed by atoms with Gasteiger partial charge in [-0.3, -0.25) is 0 Å². The van der Waals surface area contributed by atoms with Crippen LogP contribution in [0, 0.1) is 5.92 Å². The number of piperidine rings is 1. The maximum atomic E-state index is 2.66. The van der Waals surface area contributed by atoms with Crippen LogP contribution in [0.25, 0.3) is 0 Å². The van der Waals surface area contributed by atoms with E-state index in [4.69, 9.17) is 0 Å². The molecule has 0 radical (unpaired) electrons. The summed E-state index contributed by atoms with van der Waals surface area (Å²) in [6.07, 6.45) is 10.2. The summed E-state index contributed by atoms with van der Waals surface area (Å²) in [5.41, 5.74) is 0.621. The van der Waals surface area contributed by atoms with Crippen LogP contribution in [-0.2, 0) is 0 Å². The summed E-state index contributed by atoms with van der Waals surface area (Å²) in [5, 5.41) is 0. The van der Waals surface area contributed by atoms with Crippen LogP contribution in [-0.4, -0.2) is 24.0 Å². The summed E-state index contributed by atoms with van der Waals surface area (Å²) in [5.74, 6) is 0.967. The lowest BCUT2D eigenvalue weighted by Gasteiger charge is -2.50. The van der Waals surface area contributed by atoms with Crippen molar-refractivity contribution in [3.8, 4) is 0 Å². The zero-order valence-electron chi connectivity index (χ0n) is 9.18. The van der Waals surface area contributed by atoms with E-state index in [1.54, 1.807) is 0 Å². The van der Waals surface area contributed by atoms with Crippen molar-refractivity contribution in [2.45, 2.75) is 57.4 Å². The Morgan fingerprint density at radius 2 is 1.85 bits per heavy atom. The van der Waals surface area contributed by atoms with E-state index in [1.165, 1.54) is 51.5 Å². The molecule has 2 aliphatic rings. The van der Waals surface area contributed by atoms with Crippen molar-refractivity contribution in [1.82, 2.24) is 4.90 Å². The molecule has 1 atom stereocenters. The molecule has 1 heteroatoms. The quantitative estimate of drug-likeness (QED) is 0.555. The number of nitrogens with zero attached hydrogens (tertiary/aromatic N) is 1. The summed E-state index contributed by atoms with van der Waals surface area (Å²) in [4.78, 5) is 2.66. The smallest absolute Gasteiger partial charge is 0.0209 e. The highest BCUT2D eigenvalue weighted by Gasteiger charge is 2.39. The Kier molecular flexibility index (Phi) is 2.64. The van der Waals surface area contributed by atoms with Gasteiger partial charge in [0.1, 0.15) is 0 Å². The summed E-state index contributed by atoms with van der Waals surface area (Å²) in [6.45, 7) is 3.77. The van der Waals surface area contributed by atoms with Gasteiger partial charge in [0.05, 0.1) is 0 Å². The predicted octanol–water partition coefficient (Wildman–Crippen LogP) is 3.05. The molecule has 1 aliphatic carbocycles. The zero-order chi connectivity index (χ0) is 9.31. The second-order valence-electron chi connectivity index (χ2n) is 5.30. The SMILES string of the molecule is CC1CCN(C)C2(CCCCC2)C1. The summed E-state index contributed by atoms with van der Waals surface area (Å²) in [6, 6.07) is 0. The first kappa shape index (κ1) is 9.51. The molecule has 1 spiro atoms. The highest BCUT2D eigenvalue weighted by molar-refractivity contribution is 4.95. The third kappa shape index (κ3) is 1.76. The molecule has 1 saturated carbocycles. The molecule has 76 valence electrons. The lowest BCUT2D eigenvalue weighted by molar-refractivity contribution is 0.0159. The van der Waals surface area contributed by atoms with Gasteiger partial charge in [0.2, 0.25) is 0 Å². The topological polar surface area (TPSA) is 3.24 Å². The minimum absolute atomic E-state index is 0.621. The van der Waals surface area contributed by atoms with Crippen molar-refractivity contribution in [2.24, 2.45) is 5.92 Å². The van der Waals surface area contributed by atoms with E-state index in [9.17, 15) is 0 Å². The molecule has 1 unspecified atom stereocenters. The van der Waals surface area contributed by atoms with Gasteiger partial charge in [-0.25, -0.2) is 0 Å². The molecule has 0 aromatic heterocycles. The Morgan fingerprint density at radius 1 is 1.15 bits per heavy atom. The molecule has 13 heavy (non-hydrogen) atoms. The van der Waals surface area contributed by atoms with E-state index in [2.05, 4.69) is 18.9 Å². The monoisotopic (exact) mass is 181 g/mol. The summed E-state index contributed by atoms with van der Waals surface area (Å²) >= 11 is 0. The lowest BCUT2D eigenvalue weighted by Crippen LogP contribution is -2.52. The second-order valence-corrected chi connectivity index (χ2v) is 5.30. The van der Waals surface area contributed by atoms with Crippen LogP contribution in [0.2, 0.25) is 0 Å². The molecule has 1 heterocycles. The highest BCUT2D eigenvalue weighted by Crippen LogP contribution is 2.41. The zero-order valence-corrected chi connectivity index (χ0v) is 9.18. The van der Waals surface area contributed by atoms with Gasteiger partial charge < -0.3 is 4.90 Å². The molecule has 2 fully saturated rings. The number of hydrogen-bond donors (Lipinski definition) is 0. The van der Waals surface area contributed by atoms with Crippen LogP contribution in [0.4, 0.5) is 0 Å². The Hall–Kier alpha value is -0.0400. The number of likely N-dealkylation sites (tertiary alicyclic amines) is 1.